The van der Waals surface area contributed by atoms with Crippen molar-refractivity contribution in [3.63, 3.8) is 0 Å². The molecule has 4 nitrogen and oxygen atoms in total. The number of ether oxygens (including phenoxy) is 1. The minimum Gasteiger partial charge on any atom is -0.490 e. The maximum Gasteiger partial charge on any atom is 0.238 e. The van der Waals surface area contributed by atoms with E-state index in [4.69, 9.17) is 4.74 Å². The molecule has 2 aromatic carbocycles. The summed E-state index contributed by atoms with van der Waals surface area (Å²) in [6, 6.07) is 14.2. The topological polar surface area (TPSA) is 41.6 Å². The Balaban J connectivity index is 1.45. The Kier molecular flexibility index (Phi) is 5.94. The number of aryl methyl sites for hydroxylation is 3. The van der Waals surface area contributed by atoms with E-state index in [0.717, 1.165) is 37.4 Å². The summed E-state index contributed by atoms with van der Waals surface area (Å²) in [5.74, 6) is 1.03. The number of benzene rings is 2. The number of amides is 1. The van der Waals surface area contributed by atoms with Crippen LogP contribution >= 0.6 is 0 Å². The average molecular weight is 352 g/mol. The van der Waals surface area contributed by atoms with Crippen LogP contribution in [0.1, 0.15) is 29.5 Å². The highest BCUT2D eigenvalue weighted by Gasteiger charge is 2.22. The smallest absolute Gasteiger partial charge is 0.238 e. The van der Waals surface area contributed by atoms with Crippen LogP contribution in [0.2, 0.25) is 0 Å². The van der Waals surface area contributed by atoms with E-state index in [1.54, 1.807) is 0 Å². The van der Waals surface area contributed by atoms with Crippen LogP contribution in [0, 0.1) is 20.8 Å². The first kappa shape index (κ1) is 18.5. The molecular formula is C22H28N2O2. The molecule has 0 radical (unpaired) electrons. The number of piperidine rings is 1. The molecule has 1 fully saturated rings. The SMILES string of the molecule is Cc1ccc(NC(=O)CN2CCC(Oc3cc(C)ccc3C)CC2)cc1. The fraction of sp³-hybridized carbons (Fsp3) is 0.409. The predicted molar refractivity (Wildman–Crippen MR) is 106 cm³/mol. The van der Waals surface area contributed by atoms with Crippen LogP contribution in [0.15, 0.2) is 42.5 Å². The van der Waals surface area contributed by atoms with E-state index >= 15 is 0 Å². The number of anilines is 1. The second-order valence-electron chi connectivity index (χ2n) is 7.28. The summed E-state index contributed by atoms with van der Waals surface area (Å²) in [6.07, 6.45) is 2.13. The standard InChI is InChI=1S/C22H28N2O2/c1-16-5-8-19(9-6-16)23-22(25)15-24-12-10-20(11-13-24)26-21-14-17(2)4-7-18(21)3/h4-9,14,20H,10-13,15H2,1-3H3,(H,23,25). The van der Waals surface area contributed by atoms with Gasteiger partial charge in [0.25, 0.3) is 0 Å². The lowest BCUT2D eigenvalue weighted by molar-refractivity contribution is -0.117. The molecule has 0 bridgehead atoms. The number of hydrogen-bond donors (Lipinski definition) is 1. The van der Waals surface area contributed by atoms with Crippen molar-refractivity contribution in [2.24, 2.45) is 0 Å². The highest BCUT2D eigenvalue weighted by Crippen LogP contribution is 2.24. The predicted octanol–water partition coefficient (Wildman–Crippen LogP) is 4.09. The van der Waals surface area contributed by atoms with Crippen LogP contribution in [0.5, 0.6) is 5.75 Å². The zero-order chi connectivity index (χ0) is 18.5. The van der Waals surface area contributed by atoms with Crippen LogP contribution in [-0.2, 0) is 4.79 Å². The summed E-state index contributed by atoms with van der Waals surface area (Å²) >= 11 is 0. The lowest BCUT2D eigenvalue weighted by Gasteiger charge is -2.32. The van der Waals surface area contributed by atoms with Gasteiger partial charge in [0, 0.05) is 18.8 Å². The molecule has 0 atom stereocenters. The van der Waals surface area contributed by atoms with Crippen LogP contribution in [0.3, 0.4) is 0 Å². The summed E-state index contributed by atoms with van der Waals surface area (Å²) in [7, 11) is 0. The lowest BCUT2D eigenvalue weighted by Crippen LogP contribution is -2.42. The minimum absolute atomic E-state index is 0.0442. The molecule has 1 N–H and O–H groups in total. The third kappa shape index (κ3) is 5.09. The zero-order valence-electron chi connectivity index (χ0n) is 15.9. The number of likely N-dealkylation sites (tertiary alicyclic amines) is 1. The first-order valence-corrected chi connectivity index (χ1v) is 9.32. The lowest BCUT2D eigenvalue weighted by atomic mass is 10.1. The maximum absolute atomic E-state index is 12.2. The average Bonchev–Trinajstić information content (AvgIpc) is 2.62. The number of carbonyl (C=O) groups is 1. The van der Waals surface area contributed by atoms with Crippen LogP contribution in [0.25, 0.3) is 0 Å². The van der Waals surface area contributed by atoms with Gasteiger partial charge in [0.2, 0.25) is 5.91 Å². The molecule has 0 aliphatic carbocycles. The summed E-state index contributed by atoms with van der Waals surface area (Å²) < 4.78 is 6.20. The largest absolute Gasteiger partial charge is 0.490 e. The second kappa shape index (κ2) is 8.37. The van der Waals surface area contributed by atoms with E-state index in [1.165, 1.54) is 16.7 Å². The van der Waals surface area contributed by atoms with E-state index in [0.29, 0.717) is 6.54 Å². The number of carbonyl (C=O) groups excluding carboxylic acids is 1. The van der Waals surface area contributed by atoms with Crippen molar-refractivity contribution in [1.29, 1.82) is 0 Å². The molecule has 1 saturated heterocycles. The van der Waals surface area contributed by atoms with Gasteiger partial charge in [-0.3, -0.25) is 9.69 Å². The van der Waals surface area contributed by atoms with E-state index in [2.05, 4.69) is 42.3 Å². The summed E-state index contributed by atoms with van der Waals surface area (Å²) in [4.78, 5) is 14.4. The van der Waals surface area contributed by atoms with Gasteiger partial charge in [-0.05, 0) is 62.9 Å². The normalized spacial score (nSPS) is 15.7. The summed E-state index contributed by atoms with van der Waals surface area (Å²) in [5, 5.41) is 2.97. The fourth-order valence-electron chi connectivity index (χ4n) is 3.24. The van der Waals surface area contributed by atoms with Crippen molar-refractivity contribution in [2.45, 2.75) is 39.7 Å². The Morgan fingerprint density at radius 2 is 1.69 bits per heavy atom. The molecule has 26 heavy (non-hydrogen) atoms. The van der Waals surface area contributed by atoms with Crippen molar-refractivity contribution in [3.05, 3.63) is 59.2 Å². The monoisotopic (exact) mass is 352 g/mol. The number of nitrogens with one attached hydrogen (secondary N) is 1. The van der Waals surface area contributed by atoms with Crippen LogP contribution in [-0.4, -0.2) is 36.5 Å². The van der Waals surface area contributed by atoms with Crippen molar-refractivity contribution in [3.8, 4) is 5.75 Å². The first-order valence-electron chi connectivity index (χ1n) is 9.32. The number of nitrogens with zero attached hydrogens (tertiary/aromatic N) is 1. The highest BCUT2D eigenvalue weighted by atomic mass is 16.5. The molecule has 0 saturated carbocycles. The highest BCUT2D eigenvalue weighted by molar-refractivity contribution is 5.92. The van der Waals surface area contributed by atoms with Gasteiger partial charge in [-0.25, -0.2) is 0 Å². The Morgan fingerprint density at radius 1 is 1.04 bits per heavy atom. The molecule has 2 aromatic rings. The van der Waals surface area contributed by atoms with E-state index in [1.807, 2.05) is 31.2 Å². The molecule has 1 aliphatic heterocycles. The quantitative estimate of drug-likeness (QED) is 0.881. The van der Waals surface area contributed by atoms with E-state index < -0.39 is 0 Å². The Hall–Kier alpha value is -2.33. The van der Waals surface area contributed by atoms with Crippen LogP contribution in [0.4, 0.5) is 5.69 Å². The van der Waals surface area contributed by atoms with Crippen molar-refractivity contribution >= 4 is 11.6 Å². The van der Waals surface area contributed by atoms with Gasteiger partial charge in [-0.2, -0.15) is 0 Å². The van der Waals surface area contributed by atoms with Gasteiger partial charge in [0.1, 0.15) is 11.9 Å². The Labute approximate surface area is 156 Å². The third-order valence-corrected chi connectivity index (χ3v) is 4.87. The molecule has 4 heteroatoms. The van der Waals surface area contributed by atoms with Gasteiger partial charge in [0.05, 0.1) is 6.54 Å². The molecule has 138 valence electrons. The van der Waals surface area contributed by atoms with Crippen molar-refractivity contribution in [1.82, 2.24) is 4.90 Å². The number of rotatable bonds is 5. The molecular weight excluding hydrogens is 324 g/mol. The van der Waals surface area contributed by atoms with Crippen molar-refractivity contribution in [2.75, 3.05) is 25.0 Å². The van der Waals surface area contributed by atoms with E-state index in [9.17, 15) is 4.79 Å². The van der Waals surface area contributed by atoms with Gasteiger partial charge in [-0.1, -0.05) is 29.8 Å². The van der Waals surface area contributed by atoms with E-state index in [-0.39, 0.29) is 12.0 Å². The van der Waals surface area contributed by atoms with Gasteiger partial charge < -0.3 is 10.1 Å². The summed E-state index contributed by atoms with van der Waals surface area (Å²) in [6.45, 7) is 8.41. The first-order chi connectivity index (χ1) is 12.5. The molecule has 3 rings (SSSR count). The fourth-order valence-corrected chi connectivity index (χ4v) is 3.24. The van der Waals surface area contributed by atoms with Crippen molar-refractivity contribution < 1.29 is 9.53 Å². The Morgan fingerprint density at radius 3 is 2.38 bits per heavy atom. The molecule has 1 heterocycles. The molecule has 0 aromatic heterocycles. The second-order valence-corrected chi connectivity index (χ2v) is 7.28. The third-order valence-electron chi connectivity index (χ3n) is 4.87. The van der Waals surface area contributed by atoms with Crippen LogP contribution < -0.4 is 10.1 Å². The van der Waals surface area contributed by atoms with Gasteiger partial charge in [-0.15, -0.1) is 0 Å². The minimum atomic E-state index is 0.0442. The molecule has 0 spiro atoms. The molecule has 0 unspecified atom stereocenters. The zero-order valence-corrected chi connectivity index (χ0v) is 15.9. The number of hydrogen-bond acceptors (Lipinski definition) is 3. The van der Waals surface area contributed by atoms with Gasteiger partial charge in [0.15, 0.2) is 0 Å². The van der Waals surface area contributed by atoms with Gasteiger partial charge >= 0.3 is 0 Å². The Bertz CT molecular complexity index is 747. The summed E-state index contributed by atoms with van der Waals surface area (Å²) in [5.41, 5.74) is 4.44. The maximum atomic E-state index is 12.2. The molecule has 1 aliphatic rings. The molecule has 1 amide bonds.